The molecule has 0 atom stereocenters. The highest BCUT2D eigenvalue weighted by Crippen LogP contribution is 2.31. The molecule has 138 valence electrons. The fourth-order valence-corrected chi connectivity index (χ4v) is 4.31. The van der Waals surface area contributed by atoms with E-state index < -0.39 is 0 Å². The van der Waals surface area contributed by atoms with Gasteiger partial charge in [0.1, 0.15) is 10.7 Å². The van der Waals surface area contributed by atoms with Crippen molar-refractivity contribution in [3.63, 3.8) is 0 Å². The Bertz CT molecular complexity index is 1190. The first-order chi connectivity index (χ1) is 13.8. The first-order valence-corrected chi connectivity index (χ1v) is 10.1. The van der Waals surface area contributed by atoms with E-state index in [-0.39, 0.29) is 5.56 Å². The van der Waals surface area contributed by atoms with Crippen molar-refractivity contribution < 1.29 is 0 Å². The zero-order valence-electron chi connectivity index (χ0n) is 15.3. The molecule has 4 rings (SSSR count). The standard InChI is InChI=1S/C23H19N3OS/c24-13-7-8-14-26-21(15-17-9-3-1-4-10-17)25-22-19(23(26)27)16-20(28-22)18-11-5-2-6-12-18/h1-6,9-12,16H,7-8,14-15H2. The number of unbranched alkanes of at least 4 members (excludes halogenated alkanes) is 1. The summed E-state index contributed by atoms with van der Waals surface area (Å²) in [6, 6.07) is 24.2. The van der Waals surface area contributed by atoms with Crippen molar-refractivity contribution in [1.82, 2.24) is 9.55 Å². The topological polar surface area (TPSA) is 58.7 Å². The second-order valence-corrected chi connectivity index (χ2v) is 7.64. The number of aromatic nitrogens is 2. The fourth-order valence-electron chi connectivity index (χ4n) is 3.26. The fraction of sp³-hybridized carbons (Fsp3) is 0.174. The second kappa shape index (κ2) is 8.20. The van der Waals surface area contributed by atoms with E-state index >= 15 is 0 Å². The predicted molar refractivity (Wildman–Crippen MR) is 113 cm³/mol. The van der Waals surface area contributed by atoms with Gasteiger partial charge in [-0.05, 0) is 23.6 Å². The Morgan fingerprint density at radius 3 is 2.46 bits per heavy atom. The molecule has 2 aromatic carbocycles. The summed E-state index contributed by atoms with van der Waals surface area (Å²) >= 11 is 1.55. The molecule has 0 aliphatic rings. The lowest BCUT2D eigenvalue weighted by molar-refractivity contribution is 0.598. The lowest BCUT2D eigenvalue weighted by Crippen LogP contribution is -2.25. The first-order valence-electron chi connectivity index (χ1n) is 9.26. The van der Waals surface area contributed by atoms with E-state index in [4.69, 9.17) is 10.2 Å². The minimum Gasteiger partial charge on any atom is -0.296 e. The van der Waals surface area contributed by atoms with Gasteiger partial charge in [0.2, 0.25) is 0 Å². The normalized spacial score (nSPS) is 10.8. The van der Waals surface area contributed by atoms with Crippen LogP contribution in [0.1, 0.15) is 24.2 Å². The van der Waals surface area contributed by atoms with Crippen LogP contribution in [0.5, 0.6) is 0 Å². The molecular formula is C23H19N3OS. The zero-order valence-corrected chi connectivity index (χ0v) is 16.2. The summed E-state index contributed by atoms with van der Waals surface area (Å²) in [7, 11) is 0. The molecule has 4 aromatic rings. The lowest BCUT2D eigenvalue weighted by atomic mass is 10.1. The van der Waals surface area contributed by atoms with Gasteiger partial charge in [-0.25, -0.2) is 4.98 Å². The van der Waals surface area contributed by atoms with Crippen LogP contribution in [-0.2, 0) is 13.0 Å². The van der Waals surface area contributed by atoms with Crippen LogP contribution in [-0.4, -0.2) is 9.55 Å². The molecule has 0 bridgehead atoms. The average Bonchev–Trinajstić information content (AvgIpc) is 3.16. The molecule has 0 amide bonds. The molecule has 2 aromatic heterocycles. The van der Waals surface area contributed by atoms with Gasteiger partial charge >= 0.3 is 0 Å². The van der Waals surface area contributed by atoms with Crippen LogP contribution in [0.25, 0.3) is 20.7 Å². The Labute approximate surface area is 167 Å². The predicted octanol–water partition coefficient (Wildman–Crippen LogP) is 5.02. The van der Waals surface area contributed by atoms with Crippen LogP contribution in [0.2, 0.25) is 0 Å². The smallest absolute Gasteiger partial charge is 0.262 e. The molecule has 2 heterocycles. The summed E-state index contributed by atoms with van der Waals surface area (Å²) in [6.45, 7) is 0.508. The minimum absolute atomic E-state index is 0.0210. The molecule has 0 N–H and O–H groups in total. The van der Waals surface area contributed by atoms with E-state index in [1.807, 2.05) is 66.7 Å². The third-order valence-corrected chi connectivity index (χ3v) is 5.74. The summed E-state index contributed by atoms with van der Waals surface area (Å²) in [4.78, 5) is 19.9. The number of rotatable bonds is 6. The maximum Gasteiger partial charge on any atom is 0.262 e. The van der Waals surface area contributed by atoms with E-state index in [0.29, 0.717) is 31.2 Å². The molecule has 0 unspecified atom stereocenters. The van der Waals surface area contributed by atoms with Crippen molar-refractivity contribution in [3.05, 3.63) is 88.5 Å². The average molecular weight is 385 g/mol. The van der Waals surface area contributed by atoms with Gasteiger partial charge in [0.15, 0.2) is 0 Å². The second-order valence-electron chi connectivity index (χ2n) is 6.60. The Morgan fingerprint density at radius 2 is 1.75 bits per heavy atom. The van der Waals surface area contributed by atoms with E-state index in [0.717, 1.165) is 26.7 Å². The molecule has 0 radical (unpaired) electrons. The maximum absolute atomic E-state index is 13.2. The largest absolute Gasteiger partial charge is 0.296 e. The third kappa shape index (κ3) is 3.73. The summed E-state index contributed by atoms with van der Waals surface area (Å²) < 4.78 is 1.74. The SMILES string of the molecule is N#CCCCn1c(Cc2ccccc2)nc2sc(-c3ccccc3)cc2c1=O. The number of nitriles is 1. The quantitative estimate of drug-likeness (QED) is 0.438. The van der Waals surface area contributed by atoms with Crippen LogP contribution < -0.4 is 5.56 Å². The van der Waals surface area contributed by atoms with Crippen molar-refractivity contribution in [2.24, 2.45) is 0 Å². The van der Waals surface area contributed by atoms with Gasteiger partial charge in [-0.1, -0.05) is 60.7 Å². The van der Waals surface area contributed by atoms with Crippen LogP contribution in [0.4, 0.5) is 0 Å². The van der Waals surface area contributed by atoms with Crippen LogP contribution in [0.3, 0.4) is 0 Å². The van der Waals surface area contributed by atoms with Gasteiger partial charge < -0.3 is 0 Å². The number of benzene rings is 2. The molecule has 5 heteroatoms. The molecule has 0 spiro atoms. The van der Waals surface area contributed by atoms with Gasteiger partial charge in [0.25, 0.3) is 5.56 Å². The van der Waals surface area contributed by atoms with Gasteiger partial charge in [-0.15, -0.1) is 11.3 Å². The van der Waals surface area contributed by atoms with E-state index in [9.17, 15) is 4.79 Å². The van der Waals surface area contributed by atoms with Crippen LogP contribution in [0, 0.1) is 11.3 Å². The minimum atomic E-state index is -0.0210. The Morgan fingerprint density at radius 1 is 1.04 bits per heavy atom. The van der Waals surface area contributed by atoms with Gasteiger partial charge in [-0.2, -0.15) is 5.26 Å². The van der Waals surface area contributed by atoms with E-state index in [1.165, 1.54) is 0 Å². The number of thiophene rings is 1. The van der Waals surface area contributed by atoms with Crippen molar-refractivity contribution in [2.75, 3.05) is 0 Å². The highest BCUT2D eigenvalue weighted by atomic mass is 32.1. The van der Waals surface area contributed by atoms with Crippen LogP contribution >= 0.6 is 11.3 Å². The molecule has 0 aliphatic carbocycles. The molecule has 0 aliphatic heterocycles. The van der Waals surface area contributed by atoms with Crippen LogP contribution in [0.15, 0.2) is 71.5 Å². The van der Waals surface area contributed by atoms with Crippen molar-refractivity contribution in [2.45, 2.75) is 25.8 Å². The van der Waals surface area contributed by atoms with Gasteiger partial charge in [0.05, 0.1) is 11.5 Å². The van der Waals surface area contributed by atoms with Crippen molar-refractivity contribution in [3.8, 4) is 16.5 Å². The van der Waals surface area contributed by atoms with Crippen molar-refractivity contribution in [1.29, 1.82) is 5.26 Å². The monoisotopic (exact) mass is 385 g/mol. The number of fused-ring (bicyclic) bond motifs is 1. The van der Waals surface area contributed by atoms with E-state index in [2.05, 4.69) is 6.07 Å². The number of hydrogen-bond donors (Lipinski definition) is 0. The third-order valence-electron chi connectivity index (χ3n) is 4.66. The highest BCUT2D eigenvalue weighted by molar-refractivity contribution is 7.21. The summed E-state index contributed by atoms with van der Waals surface area (Å²) in [5, 5.41) is 9.52. The maximum atomic E-state index is 13.2. The summed E-state index contributed by atoms with van der Waals surface area (Å²) in [6.07, 6.45) is 1.66. The van der Waals surface area contributed by atoms with Gasteiger partial charge in [0, 0.05) is 24.3 Å². The Kier molecular flexibility index (Phi) is 5.31. The molecule has 0 fully saturated rings. The van der Waals surface area contributed by atoms with Gasteiger partial charge in [-0.3, -0.25) is 9.36 Å². The number of nitrogens with zero attached hydrogens (tertiary/aromatic N) is 3. The Hall–Kier alpha value is -3.23. The summed E-state index contributed by atoms with van der Waals surface area (Å²) in [5.41, 5.74) is 2.18. The molecule has 0 saturated carbocycles. The van der Waals surface area contributed by atoms with Crippen molar-refractivity contribution >= 4 is 21.6 Å². The van der Waals surface area contributed by atoms with E-state index in [1.54, 1.807) is 15.9 Å². The summed E-state index contributed by atoms with van der Waals surface area (Å²) in [5.74, 6) is 0.753. The number of hydrogen-bond acceptors (Lipinski definition) is 4. The zero-order chi connectivity index (χ0) is 19.3. The molecule has 4 nitrogen and oxygen atoms in total. The lowest BCUT2D eigenvalue weighted by Gasteiger charge is -2.11. The first kappa shape index (κ1) is 18.1. The molecule has 0 saturated heterocycles. The molecular weight excluding hydrogens is 366 g/mol. The Balaban J connectivity index is 1.82. The molecule has 28 heavy (non-hydrogen) atoms. The highest BCUT2D eigenvalue weighted by Gasteiger charge is 2.15.